The molecule has 0 fully saturated rings. The maximum atomic E-state index is 12.1. The molecule has 5 heteroatoms. The Kier molecular flexibility index (Phi) is 2.79. The van der Waals surface area contributed by atoms with Crippen molar-refractivity contribution in [2.45, 2.75) is 6.42 Å². The summed E-state index contributed by atoms with van der Waals surface area (Å²) in [5.41, 5.74) is 2.64. The van der Waals surface area contributed by atoms with E-state index >= 15 is 0 Å². The van der Waals surface area contributed by atoms with E-state index in [1.165, 1.54) is 6.20 Å². The van der Waals surface area contributed by atoms with Gasteiger partial charge in [-0.25, -0.2) is 4.98 Å². The van der Waals surface area contributed by atoms with Gasteiger partial charge < -0.3 is 0 Å². The number of Topliss-reactive ketones (excluding diaryl/α,β-unsaturated/α-hetero) is 1. The summed E-state index contributed by atoms with van der Waals surface area (Å²) in [6.07, 6.45) is 3.58. The van der Waals surface area contributed by atoms with Gasteiger partial charge in [-0.2, -0.15) is 5.10 Å². The molecular formula is C14H12N4O. The summed E-state index contributed by atoms with van der Waals surface area (Å²) in [7, 11) is 1.82. The van der Waals surface area contributed by atoms with E-state index in [0.29, 0.717) is 5.69 Å². The molecule has 5 nitrogen and oxygen atoms in total. The van der Waals surface area contributed by atoms with Crippen LogP contribution in [0.1, 0.15) is 16.2 Å². The molecule has 0 N–H and O–H groups in total. The number of benzene rings is 1. The van der Waals surface area contributed by atoms with Gasteiger partial charge in [0.1, 0.15) is 5.69 Å². The van der Waals surface area contributed by atoms with Crippen molar-refractivity contribution in [1.29, 1.82) is 0 Å². The normalized spacial score (nSPS) is 10.8. The van der Waals surface area contributed by atoms with Crippen molar-refractivity contribution >= 4 is 16.8 Å². The number of aryl methyl sites for hydroxylation is 1. The Morgan fingerprint density at radius 3 is 2.74 bits per heavy atom. The molecule has 94 valence electrons. The van der Waals surface area contributed by atoms with Crippen molar-refractivity contribution in [3.05, 3.63) is 54.1 Å². The molecule has 3 rings (SSSR count). The summed E-state index contributed by atoms with van der Waals surface area (Å²) in [4.78, 5) is 20.7. The number of ketones is 1. The number of aromatic nitrogens is 4. The van der Waals surface area contributed by atoms with Crippen molar-refractivity contribution in [2.24, 2.45) is 7.05 Å². The standard InChI is InChI=1S/C14H12N4O/c1-18-7-6-10(17-18)8-14(19)13-9-15-11-4-2-3-5-12(11)16-13/h2-7,9H,8H2,1H3. The van der Waals surface area contributed by atoms with Gasteiger partial charge >= 0.3 is 0 Å². The van der Waals surface area contributed by atoms with Crippen LogP contribution in [0.25, 0.3) is 11.0 Å². The van der Waals surface area contributed by atoms with Crippen LogP contribution in [0.3, 0.4) is 0 Å². The maximum absolute atomic E-state index is 12.1. The molecule has 0 bridgehead atoms. The number of hydrogen-bond donors (Lipinski definition) is 0. The molecule has 0 amide bonds. The first kappa shape index (κ1) is 11.5. The summed E-state index contributed by atoms with van der Waals surface area (Å²) in [5.74, 6) is -0.0723. The van der Waals surface area contributed by atoms with Crippen LogP contribution in [-0.2, 0) is 13.5 Å². The molecule has 0 saturated heterocycles. The van der Waals surface area contributed by atoms with Gasteiger partial charge in [-0.3, -0.25) is 14.5 Å². The number of para-hydroxylation sites is 2. The van der Waals surface area contributed by atoms with E-state index in [-0.39, 0.29) is 12.2 Å². The van der Waals surface area contributed by atoms with Crippen molar-refractivity contribution < 1.29 is 4.79 Å². The zero-order chi connectivity index (χ0) is 13.2. The summed E-state index contributed by atoms with van der Waals surface area (Å²) < 4.78 is 1.68. The Morgan fingerprint density at radius 2 is 2.00 bits per heavy atom. The van der Waals surface area contributed by atoms with E-state index in [1.807, 2.05) is 43.6 Å². The van der Waals surface area contributed by atoms with Crippen molar-refractivity contribution in [2.75, 3.05) is 0 Å². The Balaban J connectivity index is 1.89. The summed E-state index contributed by atoms with van der Waals surface area (Å²) in [6.45, 7) is 0. The number of nitrogens with zero attached hydrogens (tertiary/aromatic N) is 4. The molecule has 0 aliphatic rings. The highest BCUT2D eigenvalue weighted by atomic mass is 16.1. The van der Waals surface area contributed by atoms with Crippen LogP contribution in [0.15, 0.2) is 42.7 Å². The molecule has 0 spiro atoms. The summed E-state index contributed by atoms with van der Waals surface area (Å²) in [6, 6.07) is 9.32. The Hall–Kier alpha value is -2.56. The molecule has 0 radical (unpaired) electrons. The first-order valence-corrected chi connectivity index (χ1v) is 5.96. The second-order valence-electron chi connectivity index (χ2n) is 4.32. The number of carbonyl (C=O) groups excluding carboxylic acids is 1. The van der Waals surface area contributed by atoms with E-state index in [9.17, 15) is 4.79 Å². The Labute approximate surface area is 109 Å². The van der Waals surface area contributed by atoms with Crippen LogP contribution in [0, 0.1) is 0 Å². The Bertz CT molecular complexity index is 748. The first-order chi connectivity index (χ1) is 9.22. The highest BCUT2D eigenvalue weighted by Crippen LogP contribution is 2.10. The summed E-state index contributed by atoms with van der Waals surface area (Å²) in [5, 5.41) is 4.19. The highest BCUT2D eigenvalue weighted by Gasteiger charge is 2.11. The molecule has 2 aromatic heterocycles. The van der Waals surface area contributed by atoms with E-state index in [2.05, 4.69) is 15.1 Å². The van der Waals surface area contributed by atoms with E-state index in [0.717, 1.165) is 16.7 Å². The molecule has 0 aliphatic carbocycles. The fraction of sp³-hybridized carbons (Fsp3) is 0.143. The largest absolute Gasteiger partial charge is 0.292 e. The number of rotatable bonds is 3. The van der Waals surface area contributed by atoms with Gasteiger partial charge in [0.25, 0.3) is 0 Å². The Morgan fingerprint density at radius 1 is 1.21 bits per heavy atom. The predicted molar refractivity (Wildman–Crippen MR) is 70.8 cm³/mol. The minimum Gasteiger partial charge on any atom is -0.292 e. The average Bonchev–Trinajstić information content (AvgIpc) is 2.83. The third kappa shape index (κ3) is 2.35. The third-order valence-corrected chi connectivity index (χ3v) is 2.84. The molecule has 19 heavy (non-hydrogen) atoms. The van der Waals surface area contributed by atoms with Gasteiger partial charge in [0, 0.05) is 13.2 Å². The molecule has 0 aliphatic heterocycles. The molecule has 1 aromatic carbocycles. The van der Waals surface area contributed by atoms with Crippen LogP contribution in [-0.4, -0.2) is 25.5 Å². The number of carbonyl (C=O) groups is 1. The van der Waals surface area contributed by atoms with Crippen molar-refractivity contribution in [3.8, 4) is 0 Å². The van der Waals surface area contributed by atoms with Gasteiger partial charge in [-0.1, -0.05) is 12.1 Å². The van der Waals surface area contributed by atoms with Gasteiger partial charge in [0.15, 0.2) is 5.78 Å². The first-order valence-electron chi connectivity index (χ1n) is 5.96. The van der Waals surface area contributed by atoms with E-state index < -0.39 is 0 Å². The van der Waals surface area contributed by atoms with Crippen LogP contribution in [0.4, 0.5) is 0 Å². The quantitative estimate of drug-likeness (QED) is 0.667. The average molecular weight is 252 g/mol. The number of hydrogen-bond acceptors (Lipinski definition) is 4. The molecule has 3 aromatic rings. The molecular weight excluding hydrogens is 240 g/mol. The minimum atomic E-state index is -0.0723. The van der Waals surface area contributed by atoms with Crippen molar-refractivity contribution in [1.82, 2.24) is 19.7 Å². The van der Waals surface area contributed by atoms with Gasteiger partial charge in [0.2, 0.25) is 0 Å². The lowest BCUT2D eigenvalue weighted by Crippen LogP contribution is -2.07. The van der Waals surface area contributed by atoms with Crippen molar-refractivity contribution in [3.63, 3.8) is 0 Å². The lowest BCUT2D eigenvalue weighted by atomic mass is 10.1. The highest BCUT2D eigenvalue weighted by molar-refractivity contribution is 5.96. The fourth-order valence-electron chi connectivity index (χ4n) is 1.90. The topological polar surface area (TPSA) is 60.7 Å². The molecule has 0 saturated carbocycles. The number of fused-ring (bicyclic) bond motifs is 1. The zero-order valence-electron chi connectivity index (χ0n) is 10.4. The summed E-state index contributed by atoms with van der Waals surface area (Å²) >= 11 is 0. The van der Waals surface area contributed by atoms with Crippen LogP contribution >= 0.6 is 0 Å². The molecule has 2 heterocycles. The monoisotopic (exact) mass is 252 g/mol. The second-order valence-corrected chi connectivity index (χ2v) is 4.32. The van der Waals surface area contributed by atoms with E-state index in [1.54, 1.807) is 4.68 Å². The van der Waals surface area contributed by atoms with Gasteiger partial charge in [-0.15, -0.1) is 0 Å². The van der Waals surface area contributed by atoms with Gasteiger partial charge in [-0.05, 0) is 18.2 Å². The van der Waals surface area contributed by atoms with Crippen LogP contribution < -0.4 is 0 Å². The predicted octanol–water partition coefficient (Wildman–Crippen LogP) is 1.79. The molecule has 0 atom stereocenters. The smallest absolute Gasteiger partial charge is 0.188 e. The SMILES string of the molecule is Cn1ccc(CC(=O)c2cnc3ccccc3n2)n1. The maximum Gasteiger partial charge on any atom is 0.188 e. The lowest BCUT2D eigenvalue weighted by molar-refractivity contribution is 0.0987. The van der Waals surface area contributed by atoms with E-state index in [4.69, 9.17) is 0 Å². The zero-order valence-corrected chi connectivity index (χ0v) is 10.4. The van der Waals surface area contributed by atoms with Crippen LogP contribution in [0.2, 0.25) is 0 Å². The third-order valence-electron chi connectivity index (χ3n) is 2.84. The fourth-order valence-corrected chi connectivity index (χ4v) is 1.90. The molecule has 0 unspecified atom stereocenters. The lowest BCUT2D eigenvalue weighted by Gasteiger charge is -2.00. The van der Waals surface area contributed by atoms with Crippen LogP contribution in [0.5, 0.6) is 0 Å². The minimum absolute atomic E-state index is 0.0723. The second kappa shape index (κ2) is 4.61. The van der Waals surface area contributed by atoms with Gasteiger partial charge in [0.05, 0.1) is 29.3 Å².